The molecule has 1 rings (SSSR count). The maximum atomic E-state index is 12.0. The standard InChI is InChI=1S/C15H27NO3/c1-3-6-13(15(18)19)10-16-14(17)11(2)9-12-7-4-5-8-12/h11-13H,3-10H2,1-2H3,(H,16,17)(H,18,19). The second-order valence-corrected chi connectivity index (χ2v) is 5.86. The first-order valence-electron chi connectivity index (χ1n) is 7.55. The first-order chi connectivity index (χ1) is 9.04. The van der Waals surface area contributed by atoms with Crippen molar-refractivity contribution in [3.63, 3.8) is 0 Å². The lowest BCUT2D eigenvalue weighted by Gasteiger charge is -2.18. The van der Waals surface area contributed by atoms with E-state index in [0.29, 0.717) is 12.3 Å². The van der Waals surface area contributed by atoms with E-state index in [-0.39, 0.29) is 18.4 Å². The Balaban J connectivity index is 2.29. The monoisotopic (exact) mass is 269 g/mol. The molecule has 2 N–H and O–H groups in total. The molecule has 1 aliphatic carbocycles. The molecule has 110 valence electrons. The summed E-state index contributed by atoms with van der Waals surface area (Å²) in [6.45, 7) is 4.17. The number of aliphatic carboxylic acids is 1. The van der Waals surface area contributed by atoms with E-state index in [0.717, 1.165) is 12.8 Å². The summed E-state index contributed by atoms with van der Waals surface area (Å²) in [6, 6.07) is 0. The quantitative estimate of drug-likeness (QED) is 0.712. The van der Waals surface area contributed by atoms with Crippen molar-refractivity contribution in [3.05, 3.63) is 0 Å². The molecule has 1 saturated carbocycles. The Kier molecular flexibility index (Phi) is 6.89. The fourth-order valence-electron chi connectivity index (χ4n) is 2.91. The van der Waals surface area contributed by atoms with Gasteiger partial charge in [0, 0.05) is 12.5 Å². The molecule has 0 heterocycles. The molecule has 0 saturated heterocycles. The highest BCUT2D eigenvalue weighted by Crippen LogP contribution is 2.30. The molecular formula is C15H27NO3. The van der Waals surface area contributed by atoms with Gasteiger partial charge in [0.25, 0.3) is 0 Å². The van der Waals surface area contributed by atoms with Crippen LogP contribution in [0.15, 0.2) is 0 Å². The zero-order valence-corrected chi connectivity index (χ0v) is 12.2. The fraction of sp³-hybridized carbons (Fsp3) is 0.867. The second-order valence-electron chi connectivity index (χ2n) is 5.86. The predicted octanol–water partition coefficient (Wildman–Crippen LogP) is 2.82. The van der Waals surface area contributed by atoms with E-state index < -0.39 is 11.9 Å². The minimum atomic E-state index is -0.814. The third-order valence-electron chi connectivity index (χ3n) is 4.12. The number of nitrogens with one attached hydrogen (secondary N) is 1. The normalized spacial score (nSPS) is 19.1. The third-order valence-corrected chi connectivity index (χ3v) is 4.12. The highest BCUT2D eigenvalue weighted by atomic mass is 16.4. The van der Waals surface area contributed by atoms with E-state index in [9.17, 15) is 9.59 Å². The number of hydrogen-bond donors (Lipinski definition) is 2. The van der Waals surface area contributed by atoms with E-state index in [1.165, 1.54) is 25.7 Å². The number of hydrogen-bond acceptors (Lipinski definition) is 2. The zero-order valence-electron chi connectivity index (χ0n) is 12.2. The Bertz CT molecular complexity index is 298. The number of carbonyl (C=O) groups is 2. The Labute approximate surface area is 116 Å². The van der Waals surface area contributed by atoms with E-state index in [1.54, 1.807) is 0 Å². The average Bonchev–Trinajstić information content (AvgIpc) is 2.86. The Morgan fingerprint density at radius 2 is 1.95 bits per heavy atom. The van der Waals surface area contributed by atoms with Crippen LogP contribution in [0.4, 0.5) is 0 Å². The van der Waals surface area contributed by atoms with Crippen LogP contribution in [-0.2, 0) is 9.59 Å². The van der Waals surface area contributed by atoms with E-state index in [2.05, 4.69) is 5.32 Å². The summed E-state index contributed by atoms with van der Waals surface area (Å²) in [5.74, 6) is -0.571. The highest BCUT2D eigenvalue weighted by Gasteiger charge is 2.23. The van der Waals surface area contributed by atoms with Crippen molar-refractivity contribution in [1.29, 1.82) is 0 Å². The molecule has 1 amide bonds. The topological polar surface area (TPSA) is 66.4 Å². The van der Waals surface area contributed by atoms with E-state index in [1.807, 2.05) is 13.8 Å². The van der Waals surface area contributed by atoms with Crippen LogP contribution in [0.25, 0.3) is 0 Å². The lowest BCUT2D eigenvalue weighted by molar-refractivity contribution is -0.142. The molecule has 0 aromatic carbocycles. The minimum absolute atomic E-state index is 0.000767. The van der Waals surface area contributed by atoms with Crippen LogP contribution >= 0.6 is 0 Å². The number of amides is 1. The summed E-state index contributed by atoms with van der Waals surface area (Å²) < 4.78 is 0. The van der Waals surface area contributed by atoms with Crippen LogP contribution in [0.3, 0.4) is 0 Å². The molecule has 0 radical (unpaired) electrons. The number of rotatable bonds is 8. The molecule has 2 atom stereocenters. The van der Waals surface area contributed by atoms with Crippen molar-refractivity contribution in [1.82, 2.24) is 5.32 Å². The molecule has 19 heavy (non-hydrogen) atoms. The van der Waals surface area contributed by atoms with Crippen LogP contribution in [0.1, 0.15) is 58.8 Å². The van der Waals surface area contributed by atoms with Crippen molar-refractivity contribution < 1.29 is 14.7 Å². The molecule has 4 heteroatoms. The largest absolute Gasteiger partial charge is 0.481 e. The molecule has 0 aromatic heterocycles. The van der Waals surface area contributed by atoms with Gasteiger partial charge in [-0.1, -0.05) is 46.0 Å². The third kappa shape index (κ3) is 5.62. The van der Waals surface area contributed by atoms with Crippen molar-refractivity contribution >= 4 is 11.9 Å². The summed E-state index contributed by atoms with van der Waals surface area (Å²) in [5.41, 5.74) is 0. The van der Waals surface area contributed by atoms with Crippen LogP contribution in [0.5, 0.6) is 0 Å². The van der Waals surface area contributed by atoms with Crippen molar-refractivity contribution in [2.24, 2.45) is 17.8 Å². The summed E-state index contributed by atoms with van der Waals surface area (Å²) in [5, 5.41) is 11.8. The van der Waals surface area contributed by atoms with Gasteiger partial charge >= 0.3 is 5.97 Å². The molecule has 0 aromatic rings. The number of carbonyl (C=O) groups excluding carboxylic acids is 1. The lowest BCUT2D eigenvalue weighted by Crippen LogP contribution is -2.36. The lowest BCUT2D eigenvalue weighted by atomic mass is 9.94. The first-order valence-corrected chi connectivity index (χ1v) is 7.55. The second kappa shape index (κ2) is 8.18. The van der Waals surface area contributed by atoms with Gasteiger partial charge < -0.3 is 10.4 Å². The molecule has 1 fully saturated rings. The minimum Gasteiger partial charge on any atom is -0.481 e. The number of carboxylic acid groups (broad SMARTS) is 1. The maximum absolute atomic E-state index is 12.0. The van der Waals surface area contributed by atoms with E-state index >= 15 is 0 Å². The van der Waals surface area contributed by atoms with Gasteiger partial charge in [-0.3, -0.25) is 9.59 Å². The van der Waals surface area contributed by atoms with Gasteiger partial charge in [-0.25, -0.2) is 0 Å². The molecular weight excluding hydrogens is 242 g/mol. The van der Waals surface area contributed by atoms with Gasteiger partial charge in [0.15, 0.2) is 0 Å². The molecule has 4 nitrogen and oxygen atoms in total. The Hall–Kier alpha value is -1.06. The van der Waals surface area contributed by atoms with Crippen molar-refractivity contribution in [3.8, 4) is 0 Å². The van der Waals surface area contributed by atoms with Crippen molar-refractivity contribution in [2.75, 3.05) is 6.54 Å². The van der Waals surface area contributed by atoms with Crippen LogP contribution in [0.2, 0.25) is 0 Å². The van der Waals surface area contributed by atoms with Crippen LogP contribution in [0, 0.1) is 17.8 Å². The van der Waals surface area contributed by atoms with Gasteiger partial charge in [-0.15, -0.1) is 0 Å². The SMILES string of the molecule is CCCC(CNC(=O)C(C)CC1CCCC1)C(=O)O. The Morgan fingerprint density at radius 1 is 1.32 bits per heavy atom. The van der Waals surface area contributed by atoms with E-state index in [4.69, 9.17) is 5.11 Å². The fourth-order valence-corrected chi connectivity index (χ4v) is 2.91. The summed E-state index contributed by atoms with van der Waals surface area (Å²) in [7, 11) is 0. The first kappa shape index (κ1) is 16.0. The summed E-state index contributed by atoms with van der Waals surface area (Å²) in [6.07, 6.45) is 7.44. The predicted molar refractivity (Wildman–Crippen MR) is 74.8 cm³/mol. The van der Waals surface area contributed by atoms with Gasteiger partial charge in [-0.05, 0) is 18.8 Å². The van der Waals surface area contributed by atoms with Crippen LogP contribution < -0.4 is 5.32 Å². The molecule has 0 spiro atoms. The van der Waals surface area contributed by atoms with Gasteiger partial charge in [0.05, 0.1) is 5.92 Å². The molecule has 0 aliphatic heterocycles. The summed E-state index contributed by atoms with van der Waals surface area (Å²) in [4.78, 5) is 23.0. The smallest absolute Gasteiger partial charge is 0.308 e. The molecule has 1 aliphatic rings. The van der Waals surface area contributed by atoms with Gasteiger partial charge in [-0.2, -0.15) is 0 Å². The van der Waals surface area contributed by atoms with Gasteiger partial charge in [0.1, 0.15) is 0 Å². The molecule has 0 bridgehead atoms. The molecule has 2 unspecified atom stereocenters. The summed E-state index contributed by atoms with van der Waals surface area (Å²) >= 11 is 0. The van der Waals surface area contributed by atoms with Crippen LogP contribution in [-0.4, -0.2) is 23.5 Å². The Morgan fingerprint density at radius 3 is 2.47 bits per heavy atom. The highest BCUT2D eigenvalue weighted by molar-refractivity contribution is 5.79. The maximum Gasteiger partial charge on any atom is 0.308 e. The average molecular weight is 269 g/mol. The van der Waals surface area contributed by atoms with Gasteiger partial charge in [0.2, 0.25) is 5.91 Å². The number of carboxylic acids is 1. The zero-order chi connectivity index (χ0) is 14.3. The van der Waals surface area contributed by atoms with Crippen molar-refractivity contribution in [2.45, 2.75) is 58.8 Å².